The summed E-state index contributed by atoms with van der Waals surface area (Å²) in [6.45, 7) is 4.88. The maximum Gasteiger partial charge on any atom is 0.251 e. The van der Waals surface area contributed by atoms with Gasteiger partial charge >= 0.3 is 0 Å². The van der Waals surface area contributed by atoms with Crippen molar-refractivity contribution < 1.29 is 9.59 Å². The summed E-state index contributed by atoms with van der Waals surface area (Å²) in [5, 5.41) is 2.70. The fourth-order valence-electron chi connectivity index (χ4n) is 3.01. The molecule has 2 aromatic carbocycles. The number of fused-ring (bicyclic) bond motifs is 1. The molecule has 118 valence electrons. The smallest absolute Gasteiger partial charge is 0.251 e. The minimum Gasteiger partial charge on any atom is -0.343 e. The number of nitrogens with one attached hydrogen (secondary N) is 1. The molecule has 1 aliphatic heterocycles. The summed E-state index contributed by atoms with van der Waals surface area (Å²) in [4.78, 5) is 26.4. The second-order valence-electron chi connectivity index (χ2n) is 6.43. The molecule has 0 bridgehead atoms. The average molecular weight is 308 g/mol. The van der Waals surface area contributed by atoms with E-state index in [1.165, 1.54) is 5.56 Å². The van der Waals surface area contributed by atoms with Gasteiger partial charge in [-0.15, -0.1) is 0 Å². The number of hydrogen-bond acceptors (Lipinski definition) is 2. The molecule has 0 aliphatic carbocycles. The molecule has 0 aromatic heterocycles. The van der Waals surface area contributed by atoms with Crippen molar-refractivity contribution in [2.45, 2.75) is 19.3 Å². The van der Waals surface area contributed by atoms with Crippen molar-refractivity contribution in [1.82, 2.24) is 5.32 Å². The van der Waals surface area contributed by atoms with Gasteiger partial charge in [0, 0.05) is 23.2 Å². The van der Waals surface area contributed by atoms with Crippen LogP contribution in [0, 0.1) is 0 Å². The van der Waals surface area contributed by atoms with Crippen LogP contribution in [0.4, 0.5) is 5.69 Å². The molecule has 0 unspecified atom stereocenters. The van der Waals surface area contributed by atoms with Crippen molar-refractivity contribution in [2.75, 3.05) is 18.0 Å². The topological polar surface area (TPSA) is 49.4 Å². The first kappa shape index (κ1) is 15.3. The maximum atomic E-state index is 12.5. The monoisotopic (exact) mass is 308 g/mol. The lowest BCUT2D eigenvalue weighted by Crippen LogP contribution is -2.41. The molecule has 3 rings (SSSR count). The third kappa shape index (κ3) is 2.97. The van der Waals surface area contributed by atoms with Gasteiger partial charge in [-0.05, 0) is 23.8 Å². The molecule has 0 radical (unpaired) electrons. The van der Waals surface area contributed by atoms with Gasteiger partial charge in [0.15, 0.2) is 0 Å². The van der Waals surface area contributed by atoms with Crippen LogP contribution in [-0.4, -0.2) is 24.9 Å². The zero-order valence-electron chi connectivity index (χ0n) is 13.4. The van der Waals surface area contributed by atoms with Crippen molar-refractivity contribution in [3.8, 4) is 0 Å². The standard InChI is InChI=1S/C19H20N2O2/c1-19(2)13-21(16-11-7-6-10-15(16)19)17(22)12-20-18(23)14-8-4-3-5-9-14/h3-11H,12-13H2,1-2H3,(H,20,23). The predicted octanol–water partition coefficient (Wildman–Crippen LogP) is 2.74. The van der Waals surface area contributed by atoms with Gasteiger partial charge in [-0.2, -0.15) is 0 Å². The zero-order valence-corrected chi connectivity index (χ0v) is 13.4. The highest BCUT2D eigenvalue weighted by Gasteiger charge is 2.37. The Bertz CT molecular complexity index is 738. The number of anilines is 1. The Morgan fingerprint density at radius 3 is 2.43 bits per heavy atom. The molecule has 2 aromatic rings. The van der Waals surface area contributed by atoms with Crippen LogP contribution >= 0.6 is 0 Å². The molecule has 4 nitrogen and oxygen atoms in total. The van der Waals surface area contributed by atoms with Gasteiger partial charge in [-0.3, -0.25) is 9.59 Å². The Hall–Kier alpha value is -2.62. The molecular formula is C19H20N2O2. The van der Waals surface area contributed by atoms with Gasteiger partial charge in [0.2, 0.25) is 5.91 Å². The summed E-state index contributed by atoms with van der Waals surface area (Å²) >= 11 is 0. The van der Waals surface area contributed by atoms with Crippen LogP contribution < -0.4 is 10.2 Å². The first-order chi connectivity index (χ1) is 11.0. The summed E-state index contributed by atoms with van der Waals surface area (Å²) < 4.78 is 0. The van der Waals surface area contributed by atoms with Gasteiger partial charge in [0.25, 0.3) is 5.91 Å². The Balaban J connectivity index is 1.69. The van der Waals surface area contributed by atoms with Crippen LogP contribution in [0.5, 0.6) is 0 Å². The number of hydrogen-bond donors (Lipinski definition) is 1. The molecule has 0 saturated heterocycles. The highest BCUT2D eigenvalue weighted by atomic mass is 16.2. The molecule has 1 aliphatic rings. The number of rotatable bonds is 3. The Kier molecular flexibility index (Phi) is 3.90. The van der Waals surface area contributed by atoms with Crippen molar-refractivity contribution >= 4 is 17.5 Å². The lowest BCUT2D eigenvalue weighted by Gasteiger charge is -2.21. The highest BCUT2D eigenvalue weighted by molar-refractivity contribution is 6.01. The second-order valence-corrected chi connectivity index (χ2v) is 6.43. The summed E-state index contributed by atoms with van der Waals surface area (Å²) in [5.41, 5.74) is 2.59. The quantitative estimate of drug-likeness (QED) is 0.948. The minimum absolute atomic E-state index is 0.00184. The Labute approximate surface area is 136 Å². The first-order valence-electron chi connectivity index (χ1n) is 7.72. The molecule has 0 atom stereocenters. The predicted molar refractivity (Wildman–Crippen MR) is 90.6 cm³/mol. The van der Waals surface area contributed by atoms with E-state index in [-0.39, 0.29) is 23.8 Å². The van der Waals surface area contributed by atoms with Gasteiger partial charge in [-0.25, -0.2) is 0 Å². The van der Waals surface area contributed by atoms with E-state index in [0.29, 0.717) is 12.1 Å². The van der Waals surface area contributed by atoms with E-state index in [4.69, 9.17) is 0 Å². The van der Waals surface area contributed by atoms with Crippen molar-refractivity contribution in [2.24, 2.45) is 0 Å². The van der Waals surface area contributed by atoms with E-state index in [1.807, 2.05) is 24.3 Å². The number of para-hydroxylation sites is 1. The number of nitrogens with zero attached hydrogens (tertiary/aromatic N) is 1. The molecular weight excluding hydrogens is 288 g/mol. The zero-order chi connectivity index (χ0) is 16.4. The summed E-state index contributed by atoms with van der Waals surface area (Å²) in [6, 6.07) is 16.9. The number of carbonyl (C=O) groups is 2. The number of amides is 2. The van der Waals surface area contributed by atoms with Crippen molar-refractivity contribution in [1.29, 1.82) is 0 Å². The van der Waals surface area contributed by atoms with Crippen LogP contribution in [-0.2, 0) is 10.2 Å². The number of carbonyl (C=O) groups excluding carboxylic acids is 2. The van der Waals surface area contributed by atoms with Crippen LogP contribution in [0.1, 0.15) is 29.8 Å². The van der Waals surface area contributed by atoms with Crippen LogP contribution in [0.15, 0.2) is 54.6 Å². The third-order valence-corrected chi connectivity index (χ3v) is 4.21. The summed E-state index contributed by atoms with van der Waals surface area (Å²) in [5.74, 6) is -0.321. The summed E-state index contributed by atoms with van der Waals surface area (Å²) in [6.07, 6.45) is 0. The van der Waals surface area contributed by atoms with Crippen molar-refractivity contribution in [3.63, 3.8) is 0 Å². The molecule has 2 amide bonds. The van der Waals surface area contributed by atoms with E-state index in [1.54, 1.807) is 29.2 Å². The molecule has 0 saturated carbocycles. The van der Waals surface area contributed by atoms with Crippen molar-refractivity contribution in [3.05, 3.63) is 65.7 Å². The van der Waals surface area contributed by atoms with E-state index in [2.05, 4.69) is 25.2 Å². The van der Waals surface area contributed by atoms with E-state index in [0.717, 1.165) is 5.69 Å². The molecule has 1 N–H and O–H groups in total. The Morgan fingerprint density at radius 2 is 1.70 bits per heavy atom. The molecule has 0 fully saturated rings. The van der Waals surface area contributed by atoms with Gasteiger partial charge in [0.1, 0.15) is 0 Å². The highest BCUT2D eigenvalue weighted by Crippen LogP contribution is 2.39. The van der Waals surface area contributed by atoms with E-state index in [9.17, 15) is 9.59 Å². The fraction of sp³-hybridized carbons (Fsp3) is 0.263. The second kappa shape index (κ2) is 5.88. The van der Waals surface area contributed by atoms with E-state index < -0.39 is 0 Å². The fourth-order valence-corrected chi connectivity index (χ4v) is 3.01. The van der Waals surface area contributed by atoms with Gasteiger partial charge in [0.05, 0.1) is 6.54 Å². The largest absolute Gasteiger partial charge is 0.343 e. The average Bonchev–Trinajstić information content (AvgIpc) is 2.85. The van der Waals surface area contributed by atoms with Gasteiger partial charge in [-0.1, -0.05) is 50.2 Å². The SMILES string of the molecule is CC1(C)CN(C(=O)CNC(=O)c2ccccc2)c2ccccc21. The normalized spacial score (nSPS) is 15.1. The minimum atomic E-state index is -0.231. The van der Waals surface area contributed by atoms with Crippen LogP contribution in [0.3, 0.4) is 0 Å². The summed E-state index contributed by atoms with van der Waals surface area (Å²) in [7, 11) is 0. The molecule has 1 heterocycles. The lowest BCUT2D eigenvalue weighted by atomic mass is 9.87. The molecule has 4 heteroatoms. The van der Waals surface area contributed by atoms with Crippen LogP contribution in [0.25, 0.3) is 0 Å². The van der Waals surface area contributed by atoms with E-state index >= 15 is 0 Å². The lowest BCUT2D eigenvalue weighted by molar-refractivity contribution is -0.117. The first-order valence-corrected chi connectivity index (χ1v) is 7.72. The number of benzene rings is 2. The maximum absolute atomic E-state index is 12.5. The molecule has 23 heavy (non-hydrogen) atoms. The third-order valence-electron chi connectivity index (χ3n) is 4.21. The molecule has 0 spiro atoms. The van der Waals surface area contributed by atoms with Gasteiger partial charge < -0.3 is 10.2 Å². The Morgan fingerprint density at radius 1 is 1.04 bits per heavy atom. The van der Waals surface area contributed by atoms with Crippen LogP contribution in [0.2, 0.25) is 0 Å².